The minimum absolute atomic E-state index is 0.0818. The van der Waals surface area contributed by atoms with Gasteiger partial charge in [0.15, 0.2) is 0 Å². The van der Waals surface area contributed by atoms with Crippen LogP contribution in [0.2, 0.25) is 15.1 Å². The van der Waals surface area contributed by atoms with Crippen LogP contribution in [-0.4, -0.2) is 29.0 Å². The lowest BCUT2D eigenvalue weighted by molar-refractivity contribution is -0.132. The molecule has 0 saturated carbocycles. The lowest BCUT2D eigenvalue weighted by atomic mass is 9.95. The number of methoxy groups -OCH3 is 1. The van der Waals surface area contributed by atoms with E-state index in [1.54, 1.807) is 18.2 Å². The summed E-state index contributed by atoms with van der Waals surface area (Å²) in [5.41, 5.74) is 0.532. The van der Waals surface area contributed by atoms with Crippen molar-refractivity contribution < 1.29 is 24.5 Å². The summed E-state index contributed by atoms with van der Waals surface area (Å²) in [7, 11) is 1.45. The van der Waals surface area contributed by atoms with Gasteiger partial charge in [-0.1, -0.05) is 46.9 Å². The number of halogens is 3. The summed E-state index contributed by atoms with van der Waals surface area (Å²) >= 11 is 18.6. The van der Waals surface area contributed by atoms with Gasteiger partial charge in [-0.05, 0) is 54.1 Å². The Hall–Kier alpha value is -3.19. The van der Waals surface area contributed by atoms with Crippen LogP contribution < -0.4 is 9.64 Å². The number of aromatic hydroxyl groups is 1. The number of phenols is 1. The fourth-order valence-corrected chi connectivity index (χ4v) is 4.47. The maximum atomic E-state index is 13.2. The number of rotatable bonds is 4. The number of hydrogen-bond acceptors (Lipinski definition) is 5. The lowest BCUT2D eigenvalue weighted by Gasteiger charge is -2.26. The van der Waals surface area contributed by atoms with E-state index in [9.17, 15) is 19.8 Å². The molecule has 1 aliphatic rings. The van der Waals surface area contributed by atoms with E-state index in [1.165, 1.54) is 54.5 Å². The number of carbonyl (C=O) groups is 2. The summed E-state index contributed by atoms with van der Waals surface area (Å²) in [5, 5.41) is 21.9. The molecule has 6 nitrogen and oxygen atoms in total. The molecule has 168 valence electrons. The number of carbonyl (C=O) groups excluding carboxylic acids is 2. The fraction of sp³-hybridized carbons (Fsp3) is 0.0833. The molecule has 2 N–H and O–H groups in total. The van der Waals surface area contributed by atoms with Gasteiger partial charge in [0.05, 0.1) is 23.7 Å². The molecule has 1 unspecified atom stereocenters. The SMILES string of the molecule is COc1ccc(Cl)c(/C(O)=C2\C(=O)C(=O)N(c3cc(Cl)cc(Cl)c3)C2c2cccc(O)c2)c1. The highest BCUT2D eigenvalue weighted by molar-refractivity contribution is 6.52. The zero-order valence-electron chi connectivity index (χ0n) is 17.1. The third-order valence-electron chi connectivity index (χ3n) is 5.18. The van der Waals surface area contributed by atoms with Gasteiger partial charge in [0.1, 0.15) is 17.3 Å². The smallest absolute Gasteiger partial charge is 0.300 e. The minimum atomic E-state index is -1.09. The van der Waals surface area contributed by atoms with E-state index >= 15 is 0 Å². The molecular formula is C24H16Cl3NO5. The van der Waals surface area contributed by atoms with Crippen LogP contribution in [0.4, 0.5) is 5.69 Å². The monoisotopic (exact) mass is 503 g/mol. The summed E-state index contributed by atoms with van der Waals surface area (Å²) in [6.07, 6.45) is 0. The van der Waals surface area contributed by atoms with Gasteiger partial charge in [-0.3, -0.25) is 14.5 Å². The van der Waals surface area contributed by atoms with E-state index in [4.69, 9.17) is 39.5 Å². The molecule has 0 bridgehead atoms. The molecule has 0 aromatic heterocycles. The Morgan fingerprint density at radius 1 is 0.970 bits per heavy atom. The van der Waals surface area contributed by atoms with E-state index in [1.807, 2.05) is 0 Å². The molecule has 1 aliphatic heterocycles. The quantitative estimate of drug-likeness (QED) is 0.259. The summed E-state index contributed by atoms with van der Waals surface area (Å²) in [5.74, 6) is -2.01. The van der Waals surface area contributed by atoms with Crippen LogP contribution in [-0.2, 0) is 9.59 Å². The molecule has 33 heavy (non-hydrogen) atoms. The number of phenolic OH excluding ortho intramolecular Hbond substituents is 1. The summed E-state index contributed by atoms with van der Waals surface area (Å²) in [6.45, 7) is 0. The van der Waals surface area contributed by atoms with Gasteiger partial charge in [0.25, 0.3) is 11.7 Å². The molecule has 3 aromatic rings. The number of anilines is 1. The van der Waals surface area contributed by atoms with Gasteiger partial charge >= 0.3 is 0 Å². The Kier molecular flexibility index (Phi) is 6.26. The second-order valence-corrected chi connectivity index (χ2v) is 8.52. The van der Waals surface area contributed by atoms with Crippen molar-refractivity contribution in [3.63, 3.8) is 0 Å². The van der Waals surface area contributed by atoms with E-state index in [-0.39, 0.29) is 37.6 Å². The molecule has 1 saturated heterocycles. The van der Waals surface area contributed by atoms with Gasteiger partial charge < -0.3 is 14.9 Å². The van der Waals surface area contributed by atoms with E-state index in [0.717, 1.165) is 0 Å². The van der Waals surface area contributed by atoms with E-state index in [0.29, 0.717) is 11.3 Å². The maximum Gasteiger partial charge on any atom is 0.300 e. The predicted octanol–water partition coefficient (Wildman–Crippen LogP) is 5.99. The van der Waals surface area contributed by atoms with Gasteiger partial charge in [-0.15, -0.1) is 0 Å². The number of ether oxygens (including phenoxy) is 1. The Bertz CT molecular complexity index is 1300. The molecule has 3 aromatic carbocycles. The number of aliphatic hydroxyl groups excluding tert-OH is 1. The lowest BCUT2D eigenvalue weighted by Crippen LogP contribution is -2.29. The summed E-state index contributed by atoms with van der Waals surface area (Å²) in [4.78, 5) is 27.5. The first-order valence-electron chi connectivity index (χ1n) is 9.61. The first-order valence-corrected chi connectivity index (χ1v) is 10.7. The van der Waals surface area contributed by atoms with Crippen molar-refractivity contribution in [2.24, 2.45) is 0 Å². The molecule has 0 radical (unpaired) electrons. The van der Waals surface area contributed by atoms with Gasteiger partial charge in [0, 0.05) is 21.3 Å². The van der Waals surface area contributed by atoms with Gasteiger partial charge in [-0.2, -0.15) is 0 Å². The zero-order valence-corrected chi connectivity index (χ0v) is 19.3. The molecule has 1 heterocycles. The van der Waals surface area contributed by atoms with Gasteiger partial charge in [-0.25, -0.2) is 0 Å². The van der Waals surface area contributed by atoms with Crippen molar-refractivity contribution in [3.8, 4) is 11.5 Å². The second kappa shape index (κ2) is 8.98. The number of ketones is 1. The number of aliphatic hydroxyl groups is 1. The Morgan fingerprint density at radius 2 is 1.67 bits per heavy atom. The van der Waals surface area contributed by atoms with Crippen LogP contribution in [0.1, 0.15) is 17.2 Å². The number of benzene rings is 3. The largest absolute Gasteiger partial charge is 0.508 e. The van der Waals surface area contributed by atoms with Gasteiger partial charge in [0.2, 0.25) is 0 Å². The number of nitrogens with zero attached hydrogens (tertiary/aromatic N) is 1. The van der Waals surface area contributed by atoms with E-state index in [2.05, 4.69) is 0 Å². The van der Waals surface area contributed by atoms with Crippen molar-refractivity contribution >= 4 is 57.9 Å². The maximum absolute atomic E-state index is 13.2. The molecule has 1 atom stereocenters. The van der Waals surface area contributed by atoms with Crippen molar-refractivity contribution in [1.82, 2.24) is 0 Å². The minimum Gasteiger partial charge on any atom is -0.508 e. The molecule has 9 heteroatoms. The van der Waals surface area contributed by atoms with E-state index < -0.39 is 23.5 Å². The normalized spacial score (nSPS) is 17.5. The van der Waals surface area contributed by atoms with Crippen molar-refractivity contribution in [2.45, 2.75) is 6.04 Å². The first-order chi connectivity index (χ1) is 15.7. The highest BCUT2D eigenvalue weighted by Gasteiger charge is 2.47. The summed E-state index contributed by atoms with van der Waals surface area (Å²) < 4.78 is 5.20. The Morgan fingerprint density at radius 3 is 2.30 bits per heavy atom. The fourth-order valence-electron chi connectivity index (χ4n) is 3.75. The highest BCUT2D eigenvalue weighted by atomic mass is 35.5. The average Bonchev–Trinajstić information content (AvgIpc) is 3.03. The second-order valence-electron chi connectivity index (χ2n) is 7.24. The predicted molar refractivity (Wildman–Crippen MR) is 127 cm³/mol. The number of Topliss-reactive ketones (excluding diaryl/α,β-unsaturated/α-hetero) is 1. The van der Waals surface area contributed by atoms with Crippen molar-refractivity contribution in [3.05, 3.63) is 92.4 Å². The molecule has 1 fully saturated rings. The van der Waals surface area contributed by atoms with Crippen LogP contribution >= 0.6 is 34.8 Å². The van der Waals surface area contributed by atoms with Crippen LogP contribution in [0.5, 0.6) is 11.5 Å². The zero-order chi connectivity index (χ0) is 23.9. The van der Waals surface area contributed by atoms with Crippen molar-refractivity contribution in [2.75, 3.05) is 12.0 Å². The third kappa shape index (κ3) is 4.25. The standard InChI is InChI=1S/C24H16Cl3NO5/c1-33-17-5-6-19(27)18(11-17)22(30)20-21(12-3-2-4-16(29)7-12)28(24(32)23(20)31)15-9-13(25)8-14(26)10-15/h2-11,21,29-30H,1H3/b22-20+. The first kappa shape index (κ1) is 23.0. The molecule has 0 spiro atoms. The Balaban J connectivity index is 2.00. The average molecular weight is 505 g/mol. The van der Waals surface area contributed by atoms with Crippen LogP contribution in [0, 0.1) is 0 Å². The highest BCUT2D eigenvalue weighted by Crippen LogP contribution is 2.44. The number of hydrogen-bond donors (Lipinski definition) is 2. The molecule has 4 rings (SSSR count). The third-order valence-corrected chi connectivity index (χ3v) is 5.95. The Labute approximate surface area is 204 Å². The van der Waals surface area contributed by atoms with Crippen LogP contribution in [0.15, 0.2) is 66.2 Å². The van der Waals surface area contributed by atoms with Crippen LogP contribution in [0.25, 0.3) is 5.76 Å². The van der Waals surface area contributed by atoms with Crippen LogP contribution in [0.3, 0.4) is 0 Å². The topological polar surface area (TPSA) is 87.1 Å². The molecule has 1 amide bonds. The summed E-state index contributed by atoms with van der Waals surface area (Å²) in [6, 6.07) is 14.0. The molecular weight excluding hydrogens is 489 g/mol. The van der Waals surface area contributed by atoms with Crippen molar-refractivity contribution in [1.29, 1.82) is 0 Å². The number of amides is 1. The molecule has 0 aliphatic carbocycles.